The number of rotatable bonds is 6. The predicted octanol–water partition coefficient (Wildman–Crippen LogP) is 3.48. The average Bonchev–Trinajstić information content (AvgIpc) is 3.41. The van der Waals surface area contributed by atoms with E-state index in [9.17, 15) is 9.59 Å². The standard InChI is InChI=1S/C23H27N5O3/c1-14(2)28-21-16(12-25-28)11-19(15(3)26-21)23(30)27-20-9-5-4-8-18(20)22(29)24-13-17-7-6-10-31-17/h4-5,8-9,11-12,14,17H,6-7,10,13H2,1-3H3,(H,24,29)(H,27,30). The molecule has 1 aliphatic rings. The van der Waals surface area contributed by atoms with E-state index in [2.05, 4.69) is 20.7 Å². The molecule has 162 valence electrons. The molecule has 0 bridgehead atoms. The lowest BCUT2D eigenvalue weighted by atomic mass is 10.1. The highest BCUT2D eigenvalue weighted by molar-refractivity contribution is 6.10. The Morgan fingerprint density at radius 2 is 2.03 bits per heavy atom. The second kappa shape index (κ2) is 8.85. The monoisotopic (exact) mass is 421 g/mol. The Hall–Kier alpha value is -3.26. The first-order chi connectivity index (χ1) is 14.9. The zero-order chi connectivity index (χ0) is 22.0. The van der Waals surface area contributed by atoms with Crippen molar-refractivity contribution in [3.05, 3.63) is 53.3 Å². The van der Waals surface area contributed by atoms with Crippen LogP contribution in [0.1, 0.15) is 59.1 Å². The van der Waals surface area contributed by atoms with Crippen LogP contribution >= 0.6 is 0 Å². The fourth-order valence-electron chi connectivity index (χ4n) is 3.76. The van der Waals surface area contributed by atoms with Gasteiger partial charge in [-0.1, -0.05) is 12.1 Å². The van der Waals surface area contributed by atoms with Crippen LogP contribution < -0.4 is 10.6 Å². The van der Waals surface area contributed by atoms with Crippen LogP contribution in [0, 0.1) is 6.92 Å². The number of fused-ring (bicyclic) bond motifs is 1. The van der Waals surface area contributed by atoms with Gasteiger partial charge in [-0.3, -0.25) is 9.59 Å². The molecule has 0 aliphatic carbocycles. The van der Waals surface area contributed by atoms with E-state index in [4.69, 9.17) is 4.74 Å². The molecule has 2 amide bonds. The van der Waals surface area contributed by atoms with Crippen molar-refractivity contribution in [2.45, 2.75) is 45.8 Å². The number of carbonyl (C=O) groups is 2. The van der Waals surface area contributed by atoms with E-state index in [1.54, 1.807) is 43.5 Å². The molecule has 2 aromatic heterocycles. The number of carbonyl (C=O) groups excluding carboxylic acids is 2. The van der Waals surface area contributed by atoms with Gasteiger partial charge in [-0.15, -0.1) is 0 Å². The van der Waals surface area contributed by atoms with Gasteiger partial charge in [-0.2, -0.15) is 5.10 Å². The number of hydrogen-bond donors (Lipinski definition) is 2. The van der Waals surface area contributed by atoms with Crippen molar-refractivity contribution in [2.24, 2.45) is 0 Å². The quantitative estimate of drug-likeness (QED) is 0.635. The number of nitrogens with one attached hydrogen (secondary N) is 2. The Labute approximate surface area is 181 Å². The molecule has 1 aromatic carbocycles. The van der Waals surface area contributed by atoms with E-state index >= 15 is 0 Å². The lowest BCUT2D eigenvalue weighted by Gasteiger charge is -2.14. The first kappa shape index (κ1) is 21.0. The molecule has 1 fully saturated rings. The van der Waals surface area contributed by atoms with Crippen molar-refractivity contribution in [1.82, 2.24) is 20.1 Å². The molecule has 3 aromatic rings. The minimum atomic E-state index is -0.316. The van der Waals surface area contributed by atoms with Gasteiger partial charge in [0.15, 0.2) is 5.65 Å². The molecule has 1 atom stereocenters. The van der Waals surface area contributed by atoms with Gasteiger partial charge in [0.05, 0.1) is 34.8 Å². The zero-order valence-corrected chi connectivity index (χ0v) is 18.0. The summed E-state index contributed by atoms with van der Waals surface area (Å²) in [7, 11) is 0. The Morgan fingerprint density at radius 1 is 1.23 bits per heavy atom. The summed E-state index contributed by atoms with van der Waals surface area (Å²) in [6.07, 6.45) is 3.73. The molecular formula is C23H27N5O3. The summed E-state index contributed by atoms with van der Waals surface area (Å²) in [6, 6.07) is 8.93. The summed E-state index contributed by atoms with van der Waals surface area (Å²) in [4.78, 5) is 30.3. The van der Waals surface area contributed by atoms with Gasteiger partial charge in [0.25, 0.3) is 11.8 Å². The fourth-order valence-corrected chi connectivity index (χ4v) is 3.76. The van der Waals surface area contributed by atoms with Crippen molar-refractivity contribution in [2.75, 3.05) is 18.5 Å². The first-order valence-corrected chi connectivity index (χ1v) is 10.6. The molecule has 3 heterocycles. The van der Waals surface area contributed by atoms with Gasteiger partial charge < -0.3 is 15.4 Å². The Balaban J connectivity index is 1.53. The lowest BCUT2D eigenvalue weighted by Crippen LogP contribution is -2.32. The third-order valence-electron chi connectivity index (χ3n) is 5.43. The van der Waals surface area contributed by atoms with Crippen LogP contribution in [-0.2, 0) is 4.74 Å². The number of ether oxygens (including phenoxy) is 1. The molecule has 1 unspecified atom stereocenters. The highest BCUT2D eigenvalue weighted by atomic mass is 16.5. The third-order valence-corrected chi connectivity index (χ3v) is 5.43. The summed E-state index contributed by atoms with van der Waals surface area (Å²) < 4.78 is 7.39. The summed E-state index contributed by atoms with van der Waals surface area (Å²) in [5.41, 5.74) is 2.67. The molecule has 8 nitrogen and oxygen atoms in total. The van der Waals surface area contributed by atoms with E-state index in [1.807, 2.05) is 18.5 Å². The highest BCUT2D eigenvalue weighted by Crippen LogP contribution is 2.22. The number of amides is 2. The third kappa shape index (κ3) is 4.44. The smallest absolute Gasteiger partial charge is 0.257 e. The first-order valence-electron chi connectivity index (χ1n) is 10.6. The lowest BCUT2D eigenvalue weighted by molar-refractivity contribution is 0.0858. The molecular weight excluding hydrogens is 394 g/mol. The molecule has 4 rings (SSSR count). The molecule has 31 heavy (non-hydrogen) atoms. The largest absolute Gasteiger partial charge is 0.376 e. The maximum Gasteiger partial charge on any atom is 0.257 e. The van der Waals surface area contributed by atoms with Gasteiger partial charge in [0.2, 0.25) is 0 Å². The SMILES string of the molecule is Cc1nc2c(cnn2C(C)C)cc1C(=O)Nc1ccccc1C(=O)NCC1CCCO1. The van der Waals surface area contributed by atoms with Crippen LogP contribution in [-0.4, -0.2) is 45.8 Å². The Bertz CT molecular complexity index is 1120. The molecule has 0 spiro atoms. The maximum absolute atomic E-state index is 13.0. The summed E-state index contributed by atoms with van der Waals surface area (Å²) in [6.45, 7) is 7.06. The number of nitrogens with zero attached hydrogens (tertiary/aromatic N) is 3. The topological polar surface area (TPSA) is 98.1 Å². The average molecular weight is 422 g/mol. The predicted molar refractivity (Wildman–Crippen MR) is 118 cm³/mol. The Kier molecular flexibility index (Phi) is 5.99. The van der Waals surface area contributed by atoms with Crippen LogP contribution in [0.3, 0.4) is 0 Å². The van der Waals surface area contributed by atoms with E-state index in [-0.39, 0.29) is 24.0 Å². The molecule has 8 heteroatoms. The van der Waals surface area contributed by atoms with Crippen LogP contribution in [0.5, 0.6) is 0 Å². The van der Waals surface area contributed by atoms with Crippen molar-refractivity contribution >= 4 is 28.5 Å². The minimum Gasteiger partial charge on any atom is -0.376 e. The van der Waals surface area contributed by atoms with Crippen molar-refractivity contribution in [3.8, 4) is 0 Å². The number of aryl methyl sites for hydroxylation is 1. The minimum absolute atomic E-state index is 0.0536. The number of benzene rings is 1. The van der Waals surface area contributed by atoms with Crippen LogP contribution in [0.25, 0.3) is 11.0 Å². The number of anilines is 1. The molecule has 0 radical (unpaired) electrons. The highest BCUT2D eigenvalue weighted by Gasteiger charge is 2.20. The molecule has 2 N–H and O–H groups in total. The fraction of sp³-hybridized carbons (Fsp3) is 0.391. The normalized spacial score (nSPS) is 16.1. The number of para-hydroxylation sites is 1. The second-order valence-corrected chi connectivity index (χ2v) is 8.06. The Morgan fingerprint density at radius 3 is 2.77 bits per heavy atom. The van der Waals surface area contributed by atoms with Gasteiger partial charge >= 0.3 is 0 Å². The van der Waals surface area contributed by atoms with Gasteiger partial charge in [-0.05, 0) is 51.8 Å². The molecule has 0 saturated carbocycles. The van der Waals surface area contributed by atoms with E-state index in [0.29, 0.717) is 29.1 Å². The van der Waals surface area contributed by atoms with Crippen molar-refractivity contribution in [3.63, 3.8) is 0 Å². The summed E-state index contributed by atoms with van der Waals surface area (Å²) in [5.74, 6) is -0.557. The summed E-state index contributed by atoms with van der Waals surface area (Å²) >= 11 is 0. The number of hydrogen-bond acceptors (Lipinski definition) is 5. The van der Waals surface area contributed by atoms with Gasteiger partial charge in [0.1, 0.15) is 0 Å². The van der Waals surface area contributed by atoms with Crippen LogP contribution in [0.4, 0.5) is 5.69 Å². The molecule has 1 saturated heterocycles. The summed E-state index contributed by atoms with van der Waals surface area (Å²) in [5, 5.41) is 10.9. The van der Waals surface area contributed by atoms with E-state index in [0.717, 1.165) is 30.5 Å². The van der Waals surface area contributed by atoms with Crippen molar-refractivity contribution < 1.29 is 14.3 Å². The second-order valence-electron chi connectivity index (χ2n) is 8.06. The number of pyridine rings is 1. The zero-order valence-electron chi connectivity index (χ0n) is 18.0. The maximum atomic E-state index is 13.0. The van der Waals surface area contributed by atoms with Crippen LogP contribution in [0.15, 0.2) is 36.5 Å². The van der Waals surface area contributed by atoms with Crippen molar-refractivity contribution in [1.29, 1.82) is 0 Å². The van der Waals surface area contributed by atoms with Gasteiger partial charge in [0, 0.05) is 24.6 Å². The van der Waals surface area contributed by atoms with Gasteiger partial charge in [-0.25, -0.2) is 9.67 Å². The number of aromatic nitrogens is 3. The van der Waals surface area contributed by atoms with Crippen LogP contribution in [0.2, 0.25) is 0 Å². The molecule has 1 aliphatic heterocycles. The van der Waals surface area contributed by atoms with E-state index < -0.39 is 0 Å². The van der Waals surface area contributed by atoms with E-state index in [1.165, 1.54) is 0 Å².